The van der Waals surface area contributed by atoms with Crippen molar-refractivity contribution in [3.8, 4) is 5.75 Å². The number of piperazine rings is 1. The highest BCUT2D eigenvalue weighted by Gasteiger charge is 2.47. The Morgan fingerprint density at radius 1 is 0.963 bits per heavy atom. The number of carbonyl (C=O) groups excluding carboxylic acids is 1. The normalized spacial score (nSPS) is 20.1. The van der Waals surface area contributed by atoms with Crippen molar-refractivity contribution in [2.45, 2.75) is 25.8 Å². The Morgan fingerprint density at radius 2 is 1.56 bits per heavy atom. The molecule has 1 amide bonds. The lowest BCUT2D eigenvalue weighted by Gasteiger charge is -2.40. The van der Waals surface area contributed by atoms with Crippen LogP contribution in [0.3, 0.4) is 0 Å². The number of para-hydroxylation sites is 1. The van der Waals surface area contributed by atoms with Gasteiger partial charge in [-0.05, 0) is 30.5 Å². The Balaban J connectivity index is 1.42. The molecule has 0 bridgehead atoms. The monoisotopic (exact) mass is 364 g/mol. The molecule has 1 unspecified atom stereocenters. The fraction of sp³-hybridized carbons (Fsp3) is 0.435. The zero-order valence-corrected chi connectivity index (χ0v) is 16.0. The Kier molecular flexibility index (Phi) is 5.17. The zero-order chi connectivity index (χ0) is 18.7. The summed E-state index contributed by atoms with van der Waals surface area (Å²) in [4.78, 5) is 17.1. The van der Waals surface area contributed by atoms with Crippen molar-refractivity contribution in [2.24, 2.45) is 5.41 Å². The second-order valence-electron chi connectivity index (χ2n) is 7.94. The van der Waals surface area contributed by atoms with E-state index in [4.69, 9.17) is 4.74 Å². The number of hydrogen-bond donors (Lipinski definition) is 0. The standard InChI is InChI=1S/C23H28N2O2/c1-23(12-13-23)22(26)25-16-14-24(15-17-25)21(19-8-4-2-5-9-19)18-27-20-10-6-3-7-11-20/h2-11,21H,12-18H2,1H3. The van der Waals surface area contributed by atoms with E-state index in [9.17, 15) is 4.79 Å². The zero-order valence-electron chi connectivity index (χ0n) is 16.0. The number of rotatable bonds is 6. The maximum Gasteiger partial charge on any atom is 0.228 e. The van der Waals surface area contributed by atoms with Gasteiger partial charge in [-0.1, -0.05) is 55.5 Å². The summed E-state index contributed by atoms with van der Waals surface area (Å²) in [5.41, 5.74) is 1.19. The summed E-state index contributed by atoms with van der Waals surface area (Å²) in [7, 11) is 0. The average Bonchev–Trinajstić information content (AvgIpc) is 3.48. The van der Waals surface area contributed by atoms with E-state index in [-0.39, 0.29) is 11.5 Å². The molecule has 2 aliphatic rings. The van der Waals surface area contributed by atoms with E-state index in [1.807, 2.05) is 36.4 Å². The lowest BCUT2D eigenvalue weighted by Crippen LogP contribution is -2.52. The minimum atomic E-state index is -0.0720. The van der Waals surface area contributed by atoms with Gasteiger partial charge in [-0.2, -0.15) is 0 Å². The first-order chi connectivity index (χ1) is 13.2. The van der Waals surface area contributed by atoms with Gasteiger partial charge in [0.05, 0.1) is 6.04 Å². The van der Waals surface area contributed by atoms with Crippen LogP contribution in [0.4, 0.5) is 0 Å². The second-order valence-corrected chi connectivity index (χ2v) is 7.94. The van der Waals surface area contributed by atoms with Gasteiger partial charge in [0.1, 0.15) is 12.4 Å². The Morgan fingerprint density at radius 3 is 2.15 bits per heavy atom. The molecule has 1 saturated carbocycles. The molecule has 1 heterocycles. The molecule has 2 aromatic rings. The smallest absolute Gasteiger partial charge is 0.228 e. The van der Waals surface area contributed by atoms with Crippen molar-refractivity contribution in [3.63, 3.8) is 0 Å². The van der Waals surface area contributed by atoms with Crippen LogP contribution >= 0.6 is 0 Å². The third-order valence-corrected chi connectivity index (χ3v) is 5.89. The van der Waals surface area contributed by atoms with Crippen LogP contribution in [0, 0.1) is 5.41 Å². The van der Waals surface area contributed by atoms with Crippen LogP contribution in [0.15, 0.2) is 60.7 Å². The van der Waals surface area contributed by atoms with Gasteiger partial charge in [0.15, 0.2) is 0 Å². The van der Waals surface area contributed by atoms with E-state index in [0.717, 1.165) is 44.8 Å². The number of ether oxygens (including phenoxy) is 1. The SMILES string of the molecule is CC1(C(=O)N2CCN(C(COc3ccccc3)c3ccccc3)CC2)CC1. The van der Waals surface area contributed by atoms with E-state index >= 15 is 0 Å². The van der Waals surface area contributed by atoms with Crippen LogP contribution in [-0.4, -0.2) is 48.5 Å². The van der Waals surface area contributed by atoms with Gasteiger partial charge in [-0.15, -0.1) is 0 Å². The minimum Gasteiger partial charge on any atom is -0.492 e. The Labute approximate surface area is 161 Å². The molecule has 4 heteroatoms. The molecule has 4 rings (SSSR count). The molecular weight excluding hydrogens is 336 g/mol. The van der Waals surface area contributed by atoms with Crippen LogP contribution in [0.2, 0.25) is 0 Å². The maximum atomic E-state index is 12.6. The molecular formula is C23H28N2O2. The molecule has 4 nitrogen and oxygen atoms in total. The third kappa shape index (κ3) is 4.16. The molecule has 1 aliphatic carbocycles. The summed E-state index contributed by atoms with van der Waals surface area (Å²) in [5, 5.41) is 0. The fourth-order valence-corrected chi connectivity index (χ4v) is 3.80. The Hall–Kier alpha value is -2.33. The average molecular weight is 364 g/mol. The van der Waals surface area contributed by atoms with Crippen molar-refractivity contribution in [2.75, 3.05) is 32.8 Å². The van der Waals surface area contributed by atoms with Crippen molar-refractivity contribution < 1.29 is 9.53 Å². The highest BCUT2D eigenvalue weighted by Crippen LogP contribution is 2.46. The van der Waals surface area contributed by atoms with Crippen molar-refractivity contribution in [3.05, 3.63) is 66.2 Å². The van der Waals surface area contributed by atoms with E-state index in [1.165, 1.54) is 5.56 Å². The van der Waals surface area contributed by atoms with Crippen LogP contribution in [0.1, 0.15) is 31.4 Å². The summed E-state index contributed by atoms with van der Waals surface area (Å²) >= 11 is 0. The van der Waals surface area contributed by atoms with Gasteiger partial charge in [0, 0.05) is 31.6 Å². The van der Waals surface area contributed by atoms with Gasteiger partial charge in [0.2, 0.25) is 5.91 Å². The van der Waals surface area contributed by atoms with Crippen LogP contribution < -0.4 is 4.74 Å². The predicted octanol–water partition coefficient (Wildman–Crippen LogP) is 3.75. The fourth-order valence-electron chi connectivity index (χ4n) is 3.80. The molecule has 1 saturated heterocycles. The number of benzene rings is 2. The van der Waals surface area contributed by atoms with Gasteiger partial charge < -0.3 is 9.64 Å². The number of amides is 1. The second kappa shape index (κ2) is 7.73. The summed E-state index contributed by atoms with van der Waals surface area (Å²) < 4.78 is 6.09. The lowest BCUT2D eigenvalue weighted by atomic mass is 10.0. The lowest BCUT2D eigenvalue weighted by molar-refractivity contribution is -0.138. The predicted molar refractivity (Wildman–Crippen MR) is 107 cm³/mol. The molecule has 27 heavy (non-hydrogen) atoms. The molecule has 0 radical (unpaired) electrons. The van der Waals surface area contributed by atoms with E-state index in [0.29, 0.717) is 12.5 Å². The first-order valence-electron chi connectivity index (χ1n) is 9.92. The summed E-state index contributed by atoms with van der Waals surface area (Å²) in [6.07, 6.45) is 2.09. The van der Waals surface area contributed by atoms with E-state index in [1.54, 1.807) is 0 Å². The van der Waals surface area contributed by atoms with Crippen molar-refractivity contribution in [1.29, 1.82) is 0 Å². The highest BCUT2D eigenvalue weighted by atomic mass is 16.5. The van der Waals surface area contributed by atoms with Crippen LogP contribution in [0.25, 0.3) is 0 Å². The van der Waals surface area contributed by atoms with E-state index in [2.05, 4.69) is 41.0 Å². The van der Waals surface area contributed by atoms with Crippen molar-refractivity contribution in [1.82, 2.24) is 9.80 Å². The first kappa shape index (κ1) is 18.1. The number of nitrogens with zero attached hydrogens (tertiary/aromatic N) is 2. The molecule has 1 atom stereocenters. The summed E-state index contributed by atoms with van der Waals surface area (Å²) in [5.74, 6) is 1.24. The molecule has 142 valence electrons. The van der Waals surface area contributed by atoms with Crippen molar-refractivity contribution >= 4 is 5.91 Å². The molecule has 2 fully saturated rings. The number of hydrogen-bond acceptors (Lipinski definition) is 3. The topological polar surface area (TPSA) is 32.8 Å². The van der Waals surface area contributed by atoms with Gasteiger partial charge in [0.25, 0.3) is 0 Å². The summed E-state index contributed by atoms with van der Waals surface area (Å²) in [6.45, 7) is 6.10. The molecule has 0 N–H and O–H groups in total. The van der Waals surface area contributed by atoms with Gasteiger partial charge in [-0.25, -0.2) is 0 Å². The molecule has 2 aromatic carbocycles. The highest BCUT2D eigenvalue weighted by molar-refractivity contribution is 5.85. The van der Waals surface area contributed by atoms with Gasteiger partial charge >= 0.3 is 0 Å². The molecule has 0 spiro atoms. The molecule has 1 aliphatic heterocycles. The molecule has 0 aromatic heterocycles. The van der Waals surface area contributed by atoms with Crippen LogP contribution in [0.5, 0.6) is 5.75 Å². The third-order valence-electron chi connectivity index (χ3n) is 5.89. The Bertz CT molecular complexity index is 750. The first-order valence-corrected chi connectivity index (χ1v) is 9.92. The number of carbonyl (C=O) groups is 1. The quantitative estimate of drug-likeness (QED) is 0.783. The maximum absolute atomic E-state index is 12.6. The summed E-state index contributed by atoms with van der Waals surface area (Å²) in [6, 6.07) is 20.7. The van der Waals surface area contributed by atoms with Crippen LogP contribution in [-0.2, 0) is 4.79 Å². The van der Waals surface area contributed by atoms with Gasteiger partial charge in [-0.3, -0.25) is 9.69 Å². The minimum absolute atomic E-state index is 0.0720. The van der Waals surface area contributed by atoms with E-state index < -0.39 is 0 Å². The largest absolute Gasteiger partial charge is 0.492 e.